The van der Waals surface area contributed by atoms with Gasteiger partial charge in [0.1, 0.15) is 0 Å². The Hall–Kier alpha value is -1.12. The van der Waals surface area contributed by atoms with E-state index >= 15 is 0 Å². The van der Waals surface area contributed by atoms with Crippen LogP contribution in [0.4, 0.5) is 5.95 Å². The molecule has 0 atom stereocenters. The summed E-state index contributed by atoms with van der Waals surface area (Å²) < 4.78 is 23.4. The normalized spacial score (nSPS) is 11.8. The highest BCUT2D eigenvalue weighted by atomic mass is 32.2. The first-order chi connectivity index (χ1) is 7.81. The van der Waals surface area contributed by atoms with Crippen molar-refractivity contribution in [2.24, 2.45) is 12.2 Å². The van der Waals surface area contributed by atoms with Crippen molar-refractivity contribution in [3.05, 3.63) is 11.9 Å². The molecule has 0 radical (unpaired) electrons. The molecule has 1 aromatic heterocycles. The zero-order chi connectivity index (χ0) is 13.1. The maximum atomic E-state index is 10.7. The van der Waals surface area contributed by atoms with Crippen molar-refractivity contribution in [2.45, 2.75) is 6.54 Å². The Morgan fingerprint density at radius 1 is 1.53 bits per heavy atom. The van der Waals surface area contributed by atoms with E-state index in [1.165, 1.54) is 0 Å². The summed E-state index contributed by atoms with van der Waals surface area (Å²) in [6.45, 7) is 0.897. The van der Waals surface area contributed by atoms with Crippen LogP contribution in [-0.4, -0.2) is 44.4 Å². The minimum atomic E-state index is -3.39. The zero-order valence-electron chi connectivity index (χ0n) is 10.3. The summed E-state index contributed by atoms with van der Waals surface area (Å²) in [4.78, 5) is 6.16. The molecule has 0 aliphatic rings. The van der Waals surface area contributed by atoms with Gasteiger partial charge in [-0.15, -0.1) is 0 Å². The van der Waals surface area contributed by atoms with Crippen molar-refractivity contribution in [2.75, 3.05) is 31.3 Å². The molecule has 0 saturated heterocycles. The number of hydrogen-bond donors (Lipinski definition) is 2. The van der Waals surface area contributed by atoms with E-state index < -0.39 is 10.0 Å². The van der Waals surface area contributed by atoms with Crippen molar-refractivity contribution < 1.29 is 8.42 Å². The van der Waals surface area contributed by atoms with Crippen LogP contribution in [0.15, 0.2) is 6.20 Å². The Bertz CT molecular complexity index is 466. The van der Waals surface area contributed by atoms with E-state index in [-0.39, 0.29) is 5.75 Å². The first-order valence-corrected chi connectivity index (χ1v) is 6.92. The van der Waals surface area contributed by atoms with Gasteiger partial charge >= 0.3 is 0 Å². The SMILES string of the molecule is CN(C)c1ncc(CNCCS(N)(=O)=O)n1C. The number of anilines is 1. The Morgan fingerprint density at radius 2 is 2.18 bits per heavy atom. The minimum absolute atomic E-state index is 0.0641. The Morgan fingerprint density at radius 3 is 2.65 bits per heavy atom. The molecule has 1 rings (SSSR count). The van der Waals surface area contributed by atoms with Crippen molar-refractivity contribution >= 4 is 16.0 Å². The van der Waals surface area contributed by atoms with Gasteiger partial charge in [0.15, 0.2) is 0 Å². The number of primary sulfonamides is 1. The topological polar surface area (TPSA) is 93.2 Å². The van der Waals surface area contributed by atoms with Crippen molar-refractivity contribution in [1.29, 1.82) is 0 Å². The average Bonchev–Trinajstić information content (AvgIpc) is 2.53. The molecule has 0 unspecified atom stereocenters. The molecule has 0 bridgehead atoms. The average molecular weight is 261 g/mol. The number of sulfonamides is 1. The van der Waals surface area contributed by atoms with Gasteiger partial charge in [0.25, 0.3) is 0 Å². The Kier molecular flexibility index (Phi) is 4.49. The lowest BCUT2D eigenvalue weighted by molar-refractivity contribution is 0.591. The number of hydrogen-bond acceptors (Lipinski definition) is 5. The molecule has 98 valence electrons. The summed E-state index contributed by atoms with van der Waals surface area (Å²) in [7, 11) is 2.36. The van der Waals surface area contributed by atoms with Crippen LogP contribution in [0.1, 0.15) is 5.69 Å². The van der Waals surface area contributed by atoms with Crippen LogP contribution in [0, 0.1) is 0 Å². The van der Waals surface area contributed by atoms with Gasteiger partial charge in [-0.3, -0.25) is 0 Å². The molecule has 0 fully saturated rings. The molecule has 0 amide bonds. The number of nitrogens with zero attached hydrogens (tertiary/aromatic N) is 3. The van der Waals surface area contributed by atoms with Crippen LogP contribution < -0.4 is 15.4 Å². The molecule has 8 heteroatoms. The molecule has 17 heavy (non-hydrogen) atoms. The molecule has 1 heterocycles. The van der Waals surface area contributed by atoms with Gasteiger partial charge < -0.3 is 14.8 Å². The molecule has 0 aromatic carbocycles. The molecule has 0 aliphatic heterocycles. The molecule has 7 nitrogen and oxygen atoms in total. The summed E-state index contributed by atoms with van der Waals surface area (Å²) in [5.74, 6) is 0.791. The van der Waals surface area contributed by atoms with E-state index in [4.69, 9.17) is 5.14 Å². The molecular formula is C9H19N5O2S. The van der Waals surface area contributed by atoms with E-state index in [1.54, 1.807) is 6.20 Å². The van der Waals surface area contributed by atoms with Crippen LogP contribution >= 0.6 is 0 Å². The number of imidazole rings is 1. The summed E-state index contributed by atoms with van der Waals surface area (Å²) >= 11 is 0. The standard InChI is InChI=1S/C9H19N5O2S/c1-13(2)9-12-7-8(14(9)3)6-11-4-5-17(10,15)16/h7,11H,4-6H2,1-3H3,(H2,10,15,16). The van der Waals surface area contributed by atoms with E-state index in [9.17, 15) is 8.42 Å². The molecular weight excluding hydrogens is 242 g/mol. The van der Waals surface area contributed by atoms with Crippen LogP contribution in [0.2, 0.25) is 0 Å². The summed E-state index contributed by atoms with van der Waals surface area (Å²) in [6.07, 6.45) is 1.76. The lowest BCUT2D eigenvalue weighted by Crippen LogP contribution is -2.27. The molecule has 1 aromatic rings. The first kappa shape index (κ1) is 13.9. The maximum absolute atomic E-state index is 10.7. The molecule has 3 N–H and O–H groups in total. The van der Waals surface area contributed by atoms with Crippen LogP contribution in [0.5, 0.6) is 0 Å². The smallest absolute Gasteiger partial charge is 0.210 e. The first-order valence-electron chi connectivity index (χ1n) is 5.20. The van der Waals surface area contributed by atoms with Crippen molar-refractivity contribution in [3.8, 4) is 0 Å². The molecule has 0 aliphatic carbocycles. The number of nitrogens with one attached hydrogen (secondary N) is 1. The van der Waals surface area contributed by atoms with Gasteiger partial charge in [0, 0.05) is 34.2 Å². The highest BCUT2D eigenvalue weighted by Gasteiger charge is 2.08. The van der Waals surface area contributed by atoms with Crippen LogP contribution in [0.3, 0.4) is 0 Å². The third kappa shape index (κ3) is 4.33. The van der Waals surface area contributed by atoms with E-state index in [2.05, 4.69) is 10.3 Å². The fourth-order valence-corrected chi connectivity index (χ4v) is 1.87. The highest BCUT2D eigenvalue weighted by molar-refractivity contribution is 7.89. The number of aromatic nitrogens is 2. The largest absolute Gasteiger partial charge is 0.348 e. The Balaban J connectivity index is 2.48. The highest BCUT2D eigenvalue weighted by Crippen LogP contribution is 2.10. The molecule has 0 saturated carbocycles. The van der Waals surface area contributed by atoms with E-state index in [1.807, 2.05) is 30.6 Å². The van der Waals surface area contributed by atoms with Gasteiger partial charge in [0.2, 0.25) is 16.0 Å². The van der Waals surface area contributed by atoms with Gasteiger partial charge in [-0.25, -0.2) is 18.5 Å². The van der Waals surface area contributed by atoms with Gasteiger partial charge in [-0.1, -0.05) is 0 Å². The van der Waals surface area contributed by atoms with Crippen molar-refractivity contribution in [3.63, 3.8) is 0 Å². The second-order valence-corrected chi connectivity index (χ2v) is 5.78. The van der Waals surface area contributed by atoms with Gasteiger partial charge in [0.05, 0.1) is 17.6 Å². The van der Waals surface area contributed by atoms with Gasteiger partial charge in [-0.2, -0.15) is 0 Å². The quantitative estimate of drug-likeness (QED) is 0.632. The second-order valence-electron chi connectivity index (χ2n) is 4.05. The van der Waals surface area contributed by atoms with Crippen LogP contribution in [0.25, 0.3) is 0 Å². The van der Waals surface area contributed by atoms with Crippen LogP contribution in [-0.2, 0) is 23.6 Å². The lowest BCUT2D eigenvalue weighted by atomic mass is 10.4. The maximum Gasteiger partial charge on any atom is 0.210 e. The second kappa shape index (κ2) is 5.48. The fourth-order valence-electron chi connectivity index (χ4n) is 1.44. The summed E-state index contributed by atoms with van der Waals surface area (Å²) in [6, 6.07) is 0. The number of nitrogens with two attached hydrogens (primary N) is 1. The predicted octanol–water partition coefficient (Wildman–Crippen LogP) is -1.14. The predicted molar refractivity (Wildman–Crippen MR) is 67.2 cm³/mol. The Labute approximate surface area is 102 Å². The third-order valence-electron chi connectivity index (χ3n) is 2.33. The third-order valence-corrected chi connectivity index (χ3v) is 3.10. The number of rotatable bonds is 6. The summed E-state index contributed by atoms with van der Waals surface area (Å²) in [5.41, 5.74) is 0.989. The van der Waals surface area contributed by atoms with E-state index in [0.29, 0.717) is 13.1 Å². The molecule has 0 spiro atoms. The summed E-state index contributed by atoms with van der Waals surface area (Å²) in [5, 5.41) is 7.91. The zero-order valence-corrected chi connectivity index (χ0v) is 11.2. The van der Waals surface area contributed by atoms with Gasteiger partial charge in [-0.05, 0) is 0 Å². The van der Waals surface area contributed by atoms with E-state index in [0.717, 1.165) is 11.6 Å². The fraction of sp³-hybridized carbons (Fsp3) is 0.667. The minimum Gasteiger partial charge on any atom is -0.348 e. The monoisotopic (exact) mass is 261 g/mol. The lowest BCUT2D eigenvalue weighted by Gasteiger charge is -2.12. The van der Waals surface area contributed by atoms with Crippen molar-refractivity contribution in [1.82, 2.24) is 14.9 Å².